The van der Waals surface area contributed by atoms with Gasteiger partial charge in [-0.2, -0.15) is 24.4 Å². The molecule has 12 nitrogen and oxygen atoms in total. The van der Waals surface area contributed by atoms with Crippen LogP contribution in [0.3, 0.4) is 0 Å². The van der Waals surface area contributed by atoms with Gasteiger partial charge in [-0.3, -0.25) is 19.2 Å². The summed E-state index contributed by atoms with van der Waals surface area (Å²) in [6, 6.07) is -4.59. The van der Waals surface area contributed by atoms with E-state index in [4.69, 9.17) is 17.2 Å². The Morgan fingerprint density at radius 2 is 1.50 bits per heavy atom. The first-order valence-electron chi connectivity index (χ1n) is 10.0. The molecular weight excluding hydrogens is 460 g/mol. The third-order valence-electron chi connectivity index (χ3n) is 4.38. The van der Waals surface area contributed by atoms with Gasteiger partial charge < -0.3 is 38.3 Å². The van der Waals surface area contributed by atoms with Crippen LogP contribution in [0.2, 0.25) is 0 Å². The second kappa shape index (κ2) is 16.6. The summed E-state index contributed by atoms with van der Waals surface area (Å²) in [7, 11) is 0. The van der Waals surface area contributed by atoms with Crippen molar-refractivity contribution in [3.63, 3.8) is 0 Å². The van der Waals surface area contributed by atoms with Crippen LogP contribution in [0.25, 0.3) is 0 Å². The average Bonchev–Trinajstić information content (AvgIpc) is 2.73. The van der Waals surface area contributed by atoms with Crippen LogP contribution in [-0.2, 0) is 24.0 Å². The second-order valence-electron chi connectivity index (χ2n) is 7.05. The molecule has 4 unspecified atom stereocenters. The summed E-state index contributed by atoms with van der Waals surface area (Å²) in [5, 5.41) is 16.6. The van der Waals surface area contributed by atoms with Gasteiger partial charge in [0.25, 0.3) is 0 Å². The quantitative estimate of drug-likeness (QED) is 0.0792. The number of hydrogen-bond donors (Lipinski definition) is 8. The lowest BCUT2D eigenvalue weighted by Gasteiger charge is -2.24. The number of unbranched alkanes of at least 4 members (excludes halogenated alkanes) is 1. The Labute approximate surface area is 196 Å². The molecule has 0 aromatic rings. The van der Waals surface area contributed by atoms with Crippen LogP contribution in [0.4, 0.5) is 0 Å². The number of primary amides is 1. The molecule has 0 saturated heterocycles. The van der Waals surface area contributed by atoms with Crippen molar-refractivity contribution in [2.24, 2.45) is 17.2 Å². The highest BCUT2D eigenvalue weighted by molar-refractivity contribution is 7.98. The number of aliphatic carboxylic acids is 1. The highest BCUT2D eigenvalue weighted by atomic mass is 32.2. The number of hydrogen-bond acceptors (Lipinski definition) is 9. The monoisotopic (exact) mass is 494 g/mol. The van der Waals surface area contributed by atoms with E-state index in [9.17, 15) is 29.1 Å². The fourth-order valence-electron chi connectivity index (χ4n) is 2.57. The highest BCUT2D eigenvalue weighted by Gasteiger charge is 2.30. The van der Waals surface area contributed by atoms with E-state index in [1.54, 1.807) is 6.26 Å². The Hall–Kier alpha value is -2.03. The van der Waals surface area contributed by atoms with Gasteiger partial charge in [0.15, 0.2) is 0 Å². The van der Waals surface area contributed by atoms with Gasteiger partial charge in [-0.15, -0.1) is 0 Å². The predicted octanol–water partition coefficient (Wildman–Crippen LogP) is -2.46. The Balaban J connectivity index is 5.37. The lowest BCUT2D eigenvalue weighted by atomic mass is 10.1. The van der Waals surface area contributed by atoms with E-state index < -0.39 is 60.2 Å². The number of carboxylic acid groups (broad SMARTS) is 1. The van der Waals surface area contributed by atoms with E-state index in [0.29, 0.717) is 25.1 Å². The maximum Gasteiger partial charge on any atom is 0.326 e. The zero-order chi connectivity index (χ0) is 24.7. The number of carbonyl (C=O) groups is 5. The van der Waals surface area contributed by atoms with Gasteiger partial charge >= 0.3 is 5.97 Å². The van der Waals surface area contributed by atoms with Crippen molar-refractivity contribution in [1.29, 1.82) is 0 Å². The number of carbonyl (C=O) groups excluding carboxylic acids is 4. The van der Waals surface area contributed by atoms with E-state index in [1.807, 2.05) is 0 Å². The molecule has 0 aromatic heterocycles. The van der Waals surface area contributed by atoms with Crippen LogP contribution in [0.15, 0.2) is 0 Å². The molecule has 32 heavy (non-hydrogen) atoms. The normalized spacial score (nSPS) is 14.5. The van der Waals surface area contributed by atoms with Gasteiger partial charge in [0, 0.05) is 5.75 Å². The van der Waals surface area contributed by atoms with Crippen molar-refractivity contribution in [2.45, 2.75) is 56.3 Å². The molecular formula is C18H34N6O6S2. The third kappa shape index (κ3) is 12.1. The number of thiol groups is 1. The minimum atomic E-state index is -1.35. The van der Waals surface area contributed by atoms with Gasteiger partial charge in [-0.05, 0) is 44.2 Å². The molecule has 0 saturated carbocycles. The standard InChI is InChI=1S/C18H34N6O6S2/c1-32-7-5-11(16(27)23-12(18(29)30)4-2-3-6-19)22-17(28)13(8-14(21)25)24-15(26)10(20)9-31/h10-13,31H,2-9,19-20H2,1H3,(H2,21,25)(H,22,28)(H,23,27)(H,24,26)(H,29,30). The molecule has 0 aromatic carbocycles. The van der Waals surface area contributed by atoms with Crippen LogP contribution >= 0.6 is 24.4 Å². The van der Waals surface area contributed by atoms with E-state index in [1.165, 1.54) is 11.8 Å². The molecule has 184 valence electrons. The summed E-state index contributed by atoms with van der Waals surface area (Å²) in [6.07, 6.45) is 2.79. The maximum absolute atomic E-state index is 12.7. The number of rotatable bonds is 17. The molecule has 0 fully saturated rings. The lowest BCUT2D eigenvalue weighted by molar-refractivity contribution is -0.142. The predicted molar refractivity (Wildman–Crippen MR) is 125 cm³/mol. The van der Waals surface area contributed by atoms with Crippen molar-refractivity contribution in [2.75, 3.05) is 24.3 Å². The Morgan fingerprint density at radius 3 is 2.00 bits per heavy atom. The first-order valence-corrected chi connectivity index (χ1v) is 12.1. The van der Waals surface area contributed by atoms with Gasteiger partial charge in [0.2, 0.25) is 23.6 Å². The smallest absolute Gasteiger partial charge is 0.326 e. The van der Waals surface area contributed by atoms with Crippen LogP contribution in [0, 0.1) is 0 Å². The van der Waals surface area contributed by atoms with Gasteiger partial charge in [0.1, 0.15) is 18.1 Å². The van der Waals surface area contributed by atoms with Crippen LogP contribution in [0.5, 0.6) is 0 Å². The summed E-state index contributed by atoms with van der Waals surface area (Å²) in [5.41, 5.74) is 16.2. The zero-order valence-corrected chi connectivity index (χ0v) is 19.8. The number of nitrogens with two attached hydrogens (primary N) is 3. The molecule has 0 aliphatic rings. The molecule has 4 amide bonds. The SMILES string of the molecule is CSCCC(NC(=O)C(CC(N)=O)NC(=O)C(N)CS)C(=O)NC(CCCCN)C(=O)O. The zero-order valence-electron chi connectivity index (χ0n) is 18.0. The molecule has 0 heterocycles. The number of amides is 4. The fourth-order valence-corrected chi connectivity index (χ4v) is 3.21. The van der Waals surface area contributed by atoms with Crippen LogP contribution in [-0.4, -0.2) is 83.2 Å². The molecule has 0 radical (unpaired) electrons. The fraction of sp³-hybridized carbons (Fsp3) is 0.722. The molecule has 4 atom stereocenters. The Morgan fingerprint density at radius 1 is 0.938 bits per heavy atom. The number of carboxylic acids is 1. The molecule has 10 N–H and O–H groups in total. The molecule has 0 aliphatic carbocycles. The Kier molecular flexibility index (Phi) is 15.5. The van der Waals surface area contributed by atoms with E-state index in [-0.39, 0.29) is 18.6 Å². The molecule has 0 spiro atoms. The first-order chi connectivity index (χ1) is 15.1. The van der Waals surface area contributed by atoms with E-state index in [0.717, 1.165) is 0 Å². The lowest BCUT2D eigenvalue weighted by Crippen LogP contribution is -2.58. The number of nitrogens with one attached hydrogen (secondary N) is 3. The summed E-state index contributed by atoms with van der Waals surface area (Å²) in [5.74, 6) is -3.77. The molecule has 14 heteroatoms. The Bertz CT molecular complexity index is 653. The van der Waals surface area contributed by atoms with Gasteiger partial charge in [-0.25, -0.2) is 4.79 Å². The van der Waals surface area contributed by atoms with Crippen molar-refractivity contribution < 1.29 is 29.1 Å². The van der Waals surface area contributed by atoms with E-state index >= 15 is 0 Å². The van der Waals surface area contributed by atoms with Crippen molar-refractivity contribution in [3.05, 3.63) is 0 Å². The van der Waals surface area contributed by atoms with E-state index in [2.05, 4.69) is 28.6 Å². The molecule has 0 aliphatic heterocycles. The molecule has 0 bridgehead atoms. The second-order valence-corrected chi connectivity index (χ2v) is 8.40. The average molecular weight is 495 g/mol. The minimum absolute atomic E-state index is 0.0101. The van der Waals surface area contributed by atoms with Gasteiger partial charge in [0.05, 0.1) is 12.5 Å². The van der Waals surface area contributed by atoms with Gasteiger partial charge in [-0.1, -0.05) is 0 Å². The summed E-state index contributed by atoms with van der Waals surface area (Å²) in [6.45, 7) is 0.399. The summed E-state index contributed by atoms with van der Waals surface area (Å²) < 4.78 is 0. The highest BCUT2D eigenvalue weighted by Crippen LogP contribution is 2.06. The van der Waals surface area contributed by atoms with Crippen molar-refractivity contribution >= 4 is 54.0 Å². The largest absolute Gasteiger partial charge is 0.480 e. The summed E-state index contributed by atoms with van der Waals surface area (Å²) in [4.78, 5) is 60.3. The number of thioether (sulfide) groups is 1. The first kappa shape index (κ1) is 30.0. The third-order valence-corrected chi connectivity index (χ3v) is 5.41. The minimum Gasteiger partial charge on any atom is -0.480 e. The topological polar surface area (TPSA) is 220 Å². The van der Waals surface area contributed by atoms with Crippen LogP contribution < -0.4 is 33.2 Å². The maximum atomic E-state index is 12.7. The summed E-state index contributed by atoms with van der Waals surface area (Å²) >= 11 is 5.33. The van der Waals surface area contributed by atoms with Crippen LogP contribution in [0.1, 0.15) is 32.1 Å². The van der Waals surface area contributed by atoms with Crippen molar-refractivity contribution in [3.8, 4) is 0 Å². The molecule has 0 rings (SSSR count). The van der Waals surface area contributed by atoms with Crippen molar-refractivity contribution in [1.82, 2.24) is 16.0 Å².